The smallest absolute Gasteiger partial charge is 0.325 e. The summed E-state index contributed by atoms with van der Waals surface area (Å²) in [5, 5.41) is 2.49. The number of rotatable bonds is 5. The Kier molecular flexibility index (Phi) is 6.91. The fraction of sp³-hybridized carbons (Fsp3) is 0.227. The number of benzene rings is 2. The van der Waals surface area contributed by atoms with Gasteiger partial charge in [-0.1, -0.05) is 17.8 Å². The fourth-order valence-electron chi connectivity index (χ4n) is 3.31. The minimum atomic E-state index is -4.62. The van der Waals surface area contributed by atoms with Crippen molar-refractivity contribution in [1.29, 1.82) is 0 Å². The van der Waals surface area contributed by atoms with Crippen molar-refractivity contribution in [1.82, 2.24) is 9.55 Å². The lowest BCUT2D eigenvalue weighted by Crippen LogP contribution is -2.25. The van der Waals surface area contributed by atoms with Crippen LogP contribution in [0.5, 0.6) is 0 Å². The number of alkyl halides is 6. The maximum atomic E-state index is 13.2. The molecule has 0 aliphatic carbocycles. The van der Waals surface area contributed by atoms with Gasteiger partial charge in [-0.3, -0.25) is 14.2 Å². The van der Waals surface area contributed by atoms with Gasteiger partial charge in [0.2, 0.25) is 5.91 Å². The molecule has 0 bridgehead atoms. The molecule has 1 amide bonds. The molecule has 2 heterocycles. The van der Waals surface area contributed by atoms with Gasteiger partial charge in [-0.15, -0.1) is 11.8 Å². The third kappa shape index (κ3) is 5.67. The molecule has 13 heteroatoms. The van der Waals surface area contributed by atoms with Gasteiger partial charge in [0.1, 0.15) is 0 Å². The first-order valence-corrected chi connectivity index (χ1v) is 12.0. The Labute approximate surface area is 202 Å². The van der Waals surface area contributed by atoms with Crippen molar-refractivity contribution in [2.75, 3.05) is 16.8 Å². The average molecular weight is 532 g/mol. The van der Waals surface area contributed by atoms with Crippen LogP contribution in [-0.2, 0) is 23.6 Å². The van der Waals surface area contributed by atoms with Gasteiger partial charge in [0.05, 0.1) is 33.2 Å². The molecule has 2 aromatic carbocycles. The third-order valence-corrected chi connectivity index (χ3v) is 6.97. The van der Waals surface area contributed by atoms with Crippen LogP contribution in [0.2, 0.25) is 0 Å². The van der Waals surface area contributed by atoms with Crippen LogP contribution in [0.3, 0.4) is 0 Å². The number of nitrogens with zero attached hydrogens (tertiary/aromatic N) is 2. The molecule has 1 aromatic heterocycles. The van der Waals surface area contributed by atoms with Crippen LogP contribution in [0.15, 0.2) is 63.4 Å². The van der Waals surface area contributed by atoms with Gasteiger partial charge in [-0.2, -0.15) is 26.3 Å². The van der Waals surface area contributed by atoms with Crippen LogP contribution in [0.1, 0.15) is 16.8 Å². The second-order valence-corrected chi connectivity index (χ2v) is 9.42. The fourth-order valence-corrected chi connectivity index (χ4v) is 5.16. The van der Waals surface area contributed by atoms with Gasteiger partial charge in [0, 0.05) is 17.9 Å². The van der Waals surface area contributed by atoms with Crippen molar-refractivity contribution in [3.8, 4) is 5.69 Å². The average Bonchev–Trinajstić information content (AvgIpc) is 3.26. The number of aryl methyl sites for hydroxylation is 1. The molecular weight excluding hydrogens is 516 g/mol. The molecule has 0 fully saturated rings. The topological polar surface area (TPSA) is 64.0 Å². The lowest BCUT2D eigenvalue weighted by Gasteiger charge is -2.15. The monoisotopic (exact) mass is 531 g/mol. The lowest BCUT2D eigenvalue weighted by atomic mass is 10.2. The van der Waals surface area contributed by atoms with Gasteiger partial charge >= 0.3 is 12.4 Å². The van der Waals surface area contributed by atoms with E-state index in [0.717, 1.165) is 52.7 Å². The van der Waals surface area contributed by atoms with Gasteiger partial charge in [0.25, 0.3) is 5.56 Å². The van der Waals surface area contributed by atoms with Crippen LogP contribution in [0, 0.1) is 0 Å². The molecule has 184 valence electrons. The van der Waals surface area contributed by atoms with Crippen molar-refractivity contribution >= 4 is 35.1 Å². The molecular formula is C22H15F6N3O2S2. The van der Waals surface area contributed by atoms with Gasteiger partial charge in [-0.25, -0.2) is 4.98 Å². The van der Waals surface area contributed by atoms with Crippen molar-refractivity contribution in [2.24, 2.45) is 0 Å². The standard InChI is InChI=1S/C22H15F6N3O2S2/c23-21(24,25)12-4-6-14(7-5-12)29-17(32)11-35-20-30-16-8-9-34-18(16)19(33)31(20)15-3-1-2-13(10-15)22(26,27)28/h1-7,10H,8-9,11H2,(H,29,32). The summed E-state index contributed by atoms with van der Waals surface area (Å²) < 4.78 is 78.8. The minimum Gasteiger partial charge on any atom is -0.325 e. The Morgan fingerprint density at radius 1 is 1.03 bits per heavy atom. The number of nitrogens with one attached hydrogen (secondary N) is 1. The summed E-state index contributed by atoms with van der Waals surface area (Å²) in [6, 6.07) is 8.11. The summed E-state index contributed by atoms with van der Waals surface area (Å²) in [5.74, 6) is -0.268. The van der Waals surface area contributed by atoms with E-state index >= 15 is 0 Å². The number of fused-ring (bicyclic) bond motifs is 1. The van der Waals surface area contributed by atoms with E-state index in [0.29, 0.717) is 22.8 Å². The van der Waals surface area contributed by atoms with E-state index in [1.807, 2.05) is 0 Å². The highest BCUT2D eigenvalue weighted by Crippen LogP contribution is 2.33. The molecule has 0 saturated carbocycles. The number of carbonyl (C=O) groups is 1. The molecule has 35 heavy (non-hydrogen) atoms. The SMILES string of the molecule is O=C(CSc1nc2c(c(=O)n1-c1cccc(C(F)(F)F)c1)SCC2)Nc1ccc(C(F)(F)F)cc1. The van der Waals surface area contributed by atoms with E-state index in [9.17, 15) is 35.9 Å². The van der Waals surface area contributed by atoms with Gasteiger partial charge in [-0.05, 0) is 42.5 Å². The van der Waals surface area contributed by atoms with E-state index in [4.69, 9.17) is 0 Å². The van der Waals surface area contributed by atoms with Crippen LogP contribution in [-0.4, -0.2) is 27.0 Å². The summed E-state index contributed by atoms with van der Waals surface area (Å²) in [4.78, 5) is 30.3. The van der Waals surface area contributed by atoms with Crippen LogP contribution in [0.4, 0.5) is 32.0 Å². The van der Waals surface area contributed by atoms with Crippen molar-refractivity contribution in [2.45, 2.75) is 28.8 Å². The molecule has 0 radical (unpaired) electrons. The number of carbonyl (C=O) groups excluding carboxylic acids is 1. The first-order valence-electron chi connectivity index (χ1n) is 10.00. The van der Waals surface area contributed by atoms with Crippen molar-refractivity contribution in [3.63, 3.8) is 0 Å². The van der Waals surface area contributed by atoms with E-state index < -0.39 is 34.9 Å². The van der Waals surface area contributed by atoms with Crippen molar-refractivity contribution < 1.29 is 31.1 Å². The first kappa shape index (κ1) is 25.2. The maximum Gasteiger partial charge on any atom is 0.416 e. The predicted molar refractivity (Wildman–Crippen MR) is 120 cm³/mol. The third-order valence-electron chi connectivity index (χ3n) is 4.93. The summed E-state index contributed by atoms with van der Waals surface area (Å²) in [6.45, 7) is 0. The van der Waals surface area contributed by atoms with E-state index in [-0.39, 0.29) is 22.3 Å². The van der Waals surface area contributed by atoms with E-state index in [1.165, 1.54) is 23.9 Å². The summed E-state index contributed by atoms with van der Waals surface area (Å²) in [6.07, 6.45) is -8.62. The van der Waals surface area contributed by atoms with Crippen LogP contribution >= 0.6 is 23.5 Å². The number of hydrogen-bond acceptors (Lipinski definition) is 5. The Balaban J connectivity index is 1.59. The Hall–Kier alpha value is -2.93. The Morgan fingerprint density at radius 3 is 2.37 bits per heavy atom. The first-order chi connectivity index (χ1) is 16.4. The molecule has 0 spiro atoms. The molecule has 1 N–H and O–H groups in total. The highest BCUT2D eigenvalue weighted by molar-refractivity contribution is 8.00. The van der Waals surface area contributed by atoms with Crippen LogP contribution in [0.25, 0.3) is 5.69 Å². The number of anilines is 1. The minimum absolute atomic E-state index is 0.0399. The molecule has 3 aromatic rings. The second kappa shape index (κ2) is 9.61. The normalized spacial score (nSPS) is 13.5. The molecule has 1 aliphatic rings. The quantitative estimate of drug-likeness (QED) is 0.262. The van der Waals surface area contributed by atoms with E-state index in [2.05, 4.69) is 10.3 Å². The molecule has 0 atom stereocenters. The zero-order valence-corrected chi connectivity index (χ0v) is 19.2. The van der Waals surface area contributed by atoms with Gasteiger partial charge in [0.15, 0.2) is 5.16 Å². The Morgan fingerprint density at radius 2 is 1.71 bits per heavy atom. The summed E-state index contributed by atoms with van der Waals surface area (Å²) in [7, 11) is 0. The molecule has 4 rings (SSSR count). The number of amides is 1. The number of hydrogen-bond donors (Lipinski definition) is 1. The highest BCUT2D eigenvalue weighted by atomic mass is 32.2. The second-order valence-electron chi connectivity index (χ2n) is 7.37. The number of halogens is 6. The summed E-state index contributed by atoms with van der Waals surface area (Å²) in [5.41, 5.74) is -1.73. The predicted octanol–water partition coefficient (Wildman–Crippen LogP) is 5.65. The molecule has 1 aliphatic heterocycles. The maximum absolute atomic E-state index is 13.2. The highest BCUT2D eigenvalue weighted by Gasteiger charge is 2.32. The largest absolute Gasteiger partial charge is 0.416 e. The summed E-state index contributed by atoms with van der Waals surface area (Å²) >= 11 is 2.10. The number of aromatic nitrogens is 2. The van der Waals surface area contributed by atoms with Crippen molar-refractivity contribution in [3.05, 3.63) is 75.7 Å². The lowest BCUT2D eigenvalue weighted by molar-refractivity contribution is -0.138. The molecule has 5 nitrogen and oxygen atoms in total. The Bertz CT molecular complexity index is 1320. The number of thioether (sulfide) groups is 2. The molecule has 0 unspecified atom stereocenters. The zero-order chi connectivity index (χ0) is 25.4. The zero-order valence-electron chi connectivity index (χ0n) is 17.5. The van der Waals surface area contributed by atoms with Crippen LogP contribution < -0.4 is 10.9 Å². The van der Waals surface area contributed by atoms with E-state index in [1.54, 1.807) is 0 Å². The molecule has 0 saturated heterocycles. The van der Waals surface area contributed by atoms with Gasteiger partial charge < -0.3 is 5.32 Å².